The van der Waals surface area contributed by atoms with Crippen molar-refractivity contribution in [1.82, 2.24) is 4.57 Å². The lowest BCUT2D eigenvalue weighted by Crippen LogP contribution is -2.11. The fourth-order valence-corrected chi connectivity index (χ4v) is 9.62. The van der Waals surface area contributed by atoms with E-state index in [-0.39, 0.29) is 0 Å². The smallest absolute Gasteiger partial charge is 0.0541 e. The second-order valence-electron chi connectivity index (χ2n) is 15.7. The van der Waals surface area contributed by atoms with Crippen LogP contribution in [0.25, 0.3) is 93.2 Å². The minimum absolute atomic E-state index is 1.10. The summed E-state index contributed by atoms with van der Waals surface area (Å²) in [6.07, 6.45) is 0. The van der Waals surface area contributed by atoms with Gasteiger partial charge in [-0.05, 0) is 103 Å². The quantitative estimate of drug-likeness (QED) is 0.147. The fourth-order valence-electron chi connectivity index (χ4n) is 9.62. The van der Waals surface area contributed by atoms with Gasteiger partial charge in [-0.25, -0.2) is 0 Å². The third-order valence-electron chi connectivity index (χ3n) is 12.3. The van der Waals surface area contributed by atoms with Crippen molar-refractivity contribution in [3.05, 3.63) is 231 Å². The first-order chi connectivity index (χ1) is 29.8. The van der Waals surface area contributed by atoms with Gasteiger partial charge in [0.15, 0.2) is 0 Å². The summed E-state index contributed by atoms with van der Waals surface area (Å²) in [7, 11) is 0. The predicted octanol–water partition coefficient (Wildman–Crippen LogP) is 16.2. The number of para-hydroxylation sites is 2. The molecular formula is C58H38N2. The van der Waals surface area contributed by atoms with Gasteiger partial charge in [0.2, 0.25) is 0 Å². The third-order valence-corrected chi connectivity index (χ3v) is 12.3. The highest BCUT2D eigenvalue weighted by Gasteiger charge is 2.22. The maximum atomic E-state index is 2.46. The van der Waals surface area contributed by atoms with E-state index in [4.69, 9.17) is 0 Å². The summed E-state index contributed by atoms with van der Waals surface area (Å²) < 4.78 is 2.46. The minimum atomic E-state index is 1.10. The van der Waals surface area contributed by atoms with Crippen molar-refractivity contribution in [2.45, 2.75) is 0 Å². The van der Waals surface area contributed by atoms with Gasteiger partial charge < -0.3 is 9.47 Å². The molecular weight excluding hydrogens is 725 g/mol. The molecule has 1 aromatic heterocycles. The zero-order chi connectivity index (χ0) is 39.6. The van der Waals surface area contributed by atoms with Crippen molar-refractivity contribution in [1.29, 1.82) is 0 Å². The van der Waals surface area contributed by atoms with Gasteiger partial charge in [-0.1, -0.05) is 182 Å². The summed E-state index contributed by atoms with van der Waals surface area (Å²) in [6, 6.07) is 84.2. The first kappa shape index (κ1) is 34.1. The average molecular weight is 763 g/mol. The van der Waals surface area contributed by atoms with E-state index < -0.39 is 0 Å². The third kappa shape index (κ3) is 5.42. The number of nitrogens with zero attached hydrogens (tertiary/aromatic N) is 2. The maximum Gasteiger partial charge on any atom is 0.0541 e. The molecule has 2 nitrogen and oxygen atoms in total. The van der Waals surface area contributed by atoms with Crippen molar-refractivity contribution in [3.8, 4) is 39.1 Å². The Bertz CT molecular complexity index is 3470. The summed E-state index contributed by atoms with van der Waals surface area (Å²) in [4.78, 5) is 2.45. The standard InChI is InChI=1S/C58H38N2/c1-3-14-39(15-4-1)40-26-32-45(33-27-40)59(46-19-13-18-44(38-46)48-21-8-7-20-47(48)41-16-5-2-6-17-41)55-36-30-42-29-35-52-56(37-31-43-28-34-51(55)57(42)58(43)52)60-53-24-11-9-22-49(53)50-23-10-12-25-54(50)60/h1-38H. The molecule has 0 fully saturated rings. The van der Waals surface area contributed by atoms with E-state index in [9.17, 15) is 0 Å². The zero-order valence-corrected chi connectivity index (χ0v) is 32.8. The molecule has 0 radical (unpaired) electrons. The molecule has 11 aromatic carbocycles. The summed E-state index contributed by atoms with van der Waals surface area (Å²) in [5.41, 5.74) is 14.2. The molecule has 0 aliphatic rings. The molecule has 0 saturated heterocycles. The molecule has 280 valence electrons. The number of aromatic nitrogens is 1. The van der Waals surface area contributed by atoms with Crippen LogP contribution in [0.15, 0.2) is 231 Å². The molecule has 1 heterocycles. The van der Waals surface area contributed by atoms with Crippen molar-refractivity contribution in [3.63, 3.8) is 0 Å². The number of benzene rings is 11. The Morgan fingerprint density at radius 3 is 1.52 bits per heavy atom. The first-order valence-corrected chi connectivity index (χ1v) is 20.7. The van der Waals surface area contributed by atoms with Crippen LogP contribution in [0.1, 0.15) is 0 Å². The minimum Gasteiger partial charge on any atom is -0.310 e. The molecule has 0 bridgehead atoms. The highest BCUT2D eigenvalue weighted by atomic mass is 15.1. The Balaban J connectivity index is 1.09. The van der Waals surface area contributed by atoms with Crippen LogP contribution in [0.3, 0.4) is 0 Å². The molecule has 0 spiro atoms. The molecule has 0 atom stereocenters. The molecule has 0 amide bonds. The Kier molecular flexibility index (Phi) is 7.89. The normalized spacial score (nSPS) is 11.7. The second-order valence-corrected chi connectivity index (χ2v) is 15.7. The van der Waals surface area contributed by atoms with E-state index in [0.717, 1.165) is 17.1 Å². The highest BCUT2D eigenvalue weighted by molar-refractivity contribution is 6.27. The monoisotopic (exact) mass is 762 g/mol. The molecule has 0 unspecified atom stereocenters. The second kappa shape index (κ2) is 13.9. The topological polar surface area (TPSA) is 8.17 Å². The van der Waals surface area contributed by atoms with Crippen LogP contribution in [-0.2, 0) is 0 Å². The highest BCUT2D eigenvalue weighted by Crippen LogP contribution is 2.47. The van der Waals surface area contributed by atoms with E-state index in [1.807, 2.05) is 0 Å². The van der Waals surface area contributed by atoms with Gasteiger partial charge in [-0.15, -0.1) is 0 Å². The van der Waals surface area contributed by atoms with Crippen LogP contribution in [0.4, 0.5) is 17.1 Å². The maximum absolute atomic E-state index is 2.46. The van der Waals surface area contributed by atoms with E-state index in [1.165, 1.54) is 93.2 Å². The summed E-state index contributed by atoms with van der Waals surface area (Å²) in [5.74, 6) is 0. The van der Waals surface area contributed by atoms with Crippen molar-refractivity contribution < 1.29 is 0 Å². The molecule has 0 aliphatic heterocycles. The number of hydrogen-bond donors (Lipinski definition) is 0. The molecule has 0 saturated carbocycles. The molecule has 0 aliphatic carbocycles. The van der Waals surface area contributed by atoms with Gasteiger partial charge in [0.05, 0.1) is 22.4 Å². The number of rotatable bonds is 7. The number of fused-ring (bicyclic) bond motifs is 3. The van der Waals surface area contributed by atoms with Crippen LogP contribution < -0.4 is 4.90 Å². The van der Waals surface area contributed by atoms with E-state index in [1.54, 1.807) is 0 Å². The molecule has 12 aromatic rings. The van der Waals surface area contributed by atoms with E-state index in [0.29, 0.717) is 0 Å². The van der Waals surface area contributed by atoms with Crippen LogP contribution >= 0.6 is 0 Å². The van der Waals surface area contributed by atoms with Gasteiger partial charge in [0.25, 0.3) is 0 Å². The average Bonchev–Trinajstić information content (AvgIpc) is 3.66. The SMILES string of the molecule is c1ccc(-c2ccc(N(c3cccc(-c4ccccc4-c4ccccc4)c3)c3ccc4ccc5c(-n6c7ccccc7c7ccccc76)ccc6ccc3c4c65)cc2)cc1. The summed E-state index contributed by atoms with van der Waals surface area (Å²) in [6.45, 7) is 0. The van der Waals surface area contributed by atoms with Crippen molar-refractivity contribution in [2.24, 2.45) is 0 Å². The lowest BCUT2D eigenvalue weighted by Gasteiger charge is -2.28. The van der Waals surface area contributed by atoms with Gasteiger partial charge in [0.1, 0.15) is 0 Å². The van der Waals surface area contributed by atoms with Crippen LogP contribution in [0, 0.1) is 0 Å². The summed E-state index contributed by atoms with van der Waals surface area (Å²) >= 11 is 0. The fraction of sp³-hybridized carbons (Fsp3) is 0. The lowest BCUT2D eigenvalue weighted by atomic mass is 9.91. The number of hydrogen-bond acceptors (Lipinski definition) is 1. The molecule has 12 rings (SSSR count). The van der Waals surface area contributed by atoms with Crippen LogP contribution in [-0.4, -0.2) is 4.57 Å². The summed E-state index contributed by atoms with van der Waals surface area (Å²) in [5, 5.41) is 10.0. The molecule has 60 heavy (non-hydrogen) atoms. The Labute approximate surface area is 348 Å². The van der Waals surface area contributed by atoms with Gasteiger partial charge in [0, 0.05) is 32.9 Å². The number of anilines is 3. The van der Waals surface area contributed by atoms with Crippen LogP contribution in [0.5, 0.6) is 0 Å². The van der Waals surface area contributed by atoms with Crippen LogP contribution in [0.2, 0.25) is 0 Å². The van der Waals surface area contributed by atoms with Gasteiger partial charge in [-0.3, -0.25) is 0 Å². The Morgan fingerprint density at radius 1 is 0.300 bits per heavy atom. The van der Waals surface area contributed by atoms with Gasteiger partial charge in [-0.2, -0.15) is 0 Å². The molecule has 2 heteroatoms. The predicted molar refractivity (Wildman–Crippen MR) is 255 cm³/mol. The van der Waals surface area contributed by atoms with Gasteiger partial charge >= 0.3 is 0 Å². The zero-order valence-electron chi connectivity index (χ0n) is 32.8. The Morgan fingerprint density at radius 2 is 0.817 bits per heavy atom. The van der Waals surface area contributed by atoms with Crippen molar-refractivity contribution in [2.75, 3.05) is 4.90 Å². The first-order valence-electron chi connectivity index (χ1n) is 20.7. The van der Waals surface area contributed by atoms with Crippen molar-refractivity contribution >= 4 is 71.2 Å². The van der Waals surface area contributed by atoms with E-state index >= 15 is 0 Å². The molecule has 0 N–H and O–H groups in total. The lowest BCUT2D eigenvalue weighted by molar-refractivity contribution is 1.20. The van der Waals surface area contributed by atoms with E-state index in [2.05, 4.69) is 240 Å². The largest absolute Gasteiger partial charge is 0.310 e. The Hall–Kier alpha value is -7.94.